The summed E-state index contributed by atoms with van der Waals surface area (Å²) in [5, 5.41) is 3.51. The molecular weight excluding hydrogens is 172 g/mol. The highest BCUT2D eigenvalue weighted by molar-refractivity contribution is 4.83. The molecule has 2 rings (SSSR count). The molecule has 0 saturated carbocycles. The third kappa shape index (κ3) is 2.71. The molecular formula is C12H24N2. The van der Waals surface area contributed by atoms with Gasteiger partial charge in [-0.05, 0) is 63.7 Å². The number of hydrogen-bond donors (Lipinski definition) is 1. The Morgan fingerprint density at radius 1 is 1.07 bits per heavy atom. The highest BCUT2D eigenvalue weighted by Crippen LogP contribution is 2.30. The Morgan fingerprint density at radius 3 is 2.64 bits per heavy atom. The molecule has 2 nitrogen and oxygen atoms in total. The molecule has 0 spiro atoms. The molecule has 0 aromatic carbocycles. The Kier molecular flexibility index (Phi) is 3.45. The lowest BCUT2D eigenvalue weighted by molar-refractivity contribution is 0.173. The zero-order valence-electron chi connectivity index (χ0n) is 9.52. The second-order valence-corrected chi connectivity index (χ2v) is 5.40. The van der Waals surface area contributed by atoms with Crippen molar-refractivity contribution >= 4 is 0 Å². The third-order valence-corrected chi connectivity index (χ3v) is 3.84. The Morgan fingerprint density at radius 2 is 1.86 bits per heavy atom. The van der Waals surface area contributed by atoms with Crippen LogP contribution in [0.25, 0.3) is 0 Å². The first-order chi connectivity index (χ1) is 6.79. The Bertz CT molecular complexity index is 165. The number of nitrogens with one attached hydrogen (secondary N) is 1. The highest BCUT2D eigenvalue weighted by Gasteiger charge is 2.28. The molecule has 0 amide bonds. The van der Waals surface area contributed by atoms with Crippen molar-refractivity contribution in [2.24, 2.45) is 5.41 Å². The van der Waals surface area contributed by atoms with Crippen LogP contribution in [0.2, 0.25) is 0 Å². The van der Waals surface area contributed by atoms with E-state index in [9.17, 15) is 0 Å². The van der Waals surface area contributed by atoms with E-state index in [1.807, 2.05) is 0 Å². The summed E-state index contributed by atoms with van der Waals surface area (Å²) >= 11 is 0. The van der Waals surface area contributed by atoms with E-state index in [2.05, 4.69) is 17.1 Å². The van der Waals surface area contributed by atoms with Gasteiger partial charge in [-0.1, -0.05) is 6.92 Å². The molecule has 1 N–H and O–H groups in total. The van der Waals surface area contributed by atoms with Gasteiger partial charge >= 0.3 is 0 Å². The zero-order chi connectivity index (χ0) is 9.86. The van der Waals surface area contributed by atoms with Crippen LogP contribution < -0.4 is 5.32 Å². The maximum atomic E-state index is 3.51. The van der Waals surface area contributed by atoms with Gasteiger partial charge in [-0.2, -0.15) is 0 Å². The first-order valence-corrected chi connectivity index (χ1v) is 6.22. The van der Waals surface area contributed by atoms with E-state index in [4.69, 9.17) is 0 Å². The van der Waals surface area contributed by atoms with Crippen LogP contribution in [0.5, 0.6) is 0 Å². The lowest BCUT2D eigenvalue weighted by Crippen LogP contribution is -2.34. The predicted octanol–water partition coefficient (Wildman–Crippen LogP) is 1.86. The molecule has 1 unspecified atom stereocenters. The SMILES string of the molecule is CC1(CN2CCCC2)CCCNCC1. The average Bonchev–Trinajstić information content (AvgIpc) is 2.55. The summed E-state index contributed by atoms with van der Waals surface area (Å²) in [4.78, 5) is 2.67. The summed E-state index contributed by atoms with van der Waals surface area (Å²) in [5.41, 5.74) is 0.591. The fraction of sp³-hybridized carbons (Fsp3) is 1.00. The molecule has 1 atom stereocenters. The lowest BCUT2D eigenvalue weighted by Gasteiger charge is -2.32. The maximum absolute atomic E-state index is 3.51. The minimum Gasteiger partial charge on any atom is -0.317 e. The molecule has 0 aromatic heterocycles. The molecule has 0 aromatic rings. The van der Waals surface area contributed by atoms with Crippen molar-refractivity contribution in [1.82, 2.24) is 10.2 Å². The van der Waals surface area contributed by atoms with Crippen LogP contribution in [0.3, 0.4) is 0 Å². The van der Waals surface area contributed by atoms with Crippen molar-refractivity contribution in [2.75, 3.05) is 32.7 Å². The number of hydrogen-bond acceptors (Lipinski definition) is 2. The fourth-order valence-electron chi connectivity index (χ4n) is 2.92. The van der Waals surface area contributed by atoms with Gasteiger partial charge < -0.3 is 10.2 Å². The summed E-state index contributed by atoms with van der Waals surface area (Å²) in [7, 11) is 0. The number of rotatable bonds is 2. The van der Waals surface area contributed by atoms with E-state index >= 15 is 0 Å². The standard InChI is InChI=1S/C12H24N2/c1-12(5-4-7-13-8-6-12)11-14-9-2-3-10-14/h13H,2-11H2,1H3. The minimum atomic E-state index is 0.591. The summed E-state index contributed by atoms with van der Waals surface area (Å²) in [6.07, 6.45) is 6.99. The summed E-state index contributed by atoms with van der Waals surface area (Å²) in [5.74, 6) is 0. The van der Waals surface area contributed by atoms with E-state index in [0.717, 1.165) is 0 Å². The van der Waals surface area contributed by atoms with Crippen molar-refractivity contribution in [2.45, 2.75) is 39.0 Å². The molecule has 2 saturated heterocycles. The van der Waals surface area contributed by atoms with Crippen molar-refractivity contribution in [1.29, 1.82) is 0 Å². The summed E-state index contributed by atoms with van der Waals surface area (Å²) < 4.78 is 0. The van der Waals surface area contributed by atoms with E-state index < -0.39 is 0 Å². The fourth-order valence-corrected chi connectivity index (χ4v) is 2.92. The molecule has 2 heterocycles. The first-order valence-electron chi connectivity index (χ1n) is 6.22. The third-order valence-electron chi connectivity index (χ3n) is 3.84. The van der Waals surface area contributed by atoms with Gasteiger partial charge in [0.15, 0.2) is 0 Å². The first kappa shape index (κ1) is 10.4. The molecule has 2 aliphatic heterocycles. The summed E-state index contributed by atoms with van der Waals surface area (Å²) in [6, 6.07) is 0. The number of likely N-dealkylation sites (tertiary alicyclic amines) is 1. The van der Waals surface area contributed by atoms with Crippen molar-refractivity contribution in [3.63, 3.8) is 0 Å². The Balaban J connectivity index is 1.85. The van der Waals surface area contributed by atoms with Crippen LogP contribution in [0.15, 0.2) is 0 Å². The second kappa shape index (κ2) is 4.63. The molecule has 2 fully saturated rings. The lowest BCUT2D eigenvalue weighted by atomic mass is 9.82. The van der Waals surface area contributed by atoms with E-state index in [1.165, 1.54) is 64.8 Å². The minimum absolute atomic E-state index is 0.591. The molecule has 2 heteroatoms. The largest absolute Gasteiger partial charge is 0.317 e. The van der Waals surface area contributed by atoms with Gasteiger partial charge in [0.25, 0.3) is 0 Å². The van der Waals surface area contributed by atoms with Gasteiger partial charge in [-0.15, -0.1) is 0 Å². The molecule has 82 valence electrons. The Hall–Kier alpha value is -0.0800. The topological polar surface area (TPSA) is 15.3 Å². The molecule has 0 aliphatic carbocycles. The van der Waals surface area contributed by atoms with Crippen LogP contribution in [0.4, 0.5) is 0 Å². The van der Waals surface area contributed by atoms with Gasteiger partial charge in [0.05, 0.1) is 0 Å². The van der Waals surface area contributed by atoms with Gasteiger partial charge in [0.1, 0.15) is 0 Å². The second-order valence-electron chi connectivity index (χ2n) is 5.40. The molecule has 2 aliphatic rings. The average molecular weight is 196 g/mol. The van der Waals surface area contributed by atoms with Gasteiger partial charge in [0, 0.05) is 6.54 Å². The van der Waals surface area contributed by atoms with Gasteiger partial charge in [-0.3, -0.25) is 0 Å². The highest BCUT2D eigenvalue weighted by atomic mass is 15.1. The van der Waals surface area contributed by atoms with Gasteiger partial charge in [0.2, 0.25) is 0 Å². The van der Waals surface area contributed by atoms with Crippen molar-refractivity contribution < 1.29 is 0 Å². The smallest absolute Gasteiger partial charge is 0.00358 e. The van der Waals surface area contributed by atoms with Crippen LogP contribution in [-0.4, -0.2) is 37.6 Å². The van der Waals surface area contributed by atoms with Crippen LogP contribution in [0, 0.1) is 5.41 Å². The quantitative estimate of drug-likeness (QED) is 0.725. The monoisotopic (exact) mass is 196 g/mol. The molecule has 0 bridgehead atoms. The normalized spacial score (nSPS) is 35.8. The van der Waals surface area contributed by atoms with E-state index in [0.29, 0.717) is 5.41 Å². The van der Waals surface area contributed by atoms with E-state index in [-0.39, 0.29) is 0 Å². The zero-order valence-corrected chi connectivity index (χ0v) is 9.52. The molecule has 0 radical (unpaired) electrons. The van der Waals surface area contributed by atoms with E-state index in [1.54, 1.807) is 0 Å². The van der Waals surface area contributed by atoms with Crippen LogP contribution in [-0.2, 0) is 0 Å². The molecule has 14 heavy (non-hydrogen) atoms. The summed E-state index contributed by atoms with van der Waals surface area (Å²) in [6.45, 7) is 8.99. The maximum Gasteiger partial charge on any atom is 0.00358 e. The predicted molar refractivity (Wildman–Crippen MR) is 60.5 cm³/mol. The van der Waals surface area contributed by atoms with Crippen molar-refractivity contribution in [3.8, 4) is 0 Å². The Labute approximate surface area is 88.1 Å². The van der Waals surface area contributed by atoms with Crippen LogP contribution >= 0.6 is 0 Å². The van der Waals surface area contributed by atoms with Crippen LogP contribution in [0.1, 0.15) is 39.0 Å². The van der Waals surface area contributed by atoms with Gasteiger partial charge in [-0.25, -0.2) is 0 Å². The number of nitrogens with zero attached hydrogens (tertiary/aromatic N) is 1. The van der Waals surface area contributed by atoms with Crippen molar-refractivity contribution in [3.05, 3.63) is 0 Å².